The van der Waals surface area contributed by atoms with Crippen LogP contribution in [0, 0.1) is 17.7 Å². The number of fused-ring (bicyclic) bond motifs is 2. The van der Waals surface area contributed by atoms with Crippen LogP contribution in [0.4, 0.5) is 16.1 Å². The highest BCUT2D eigenvalue weighted by Gasteiger charge is 2.44. The van der Waals surface area contributed by atoms with E-state index in [1.165, 1.54) is 25.0 Å². The highest BCUT2D eigenvalue weighted by Crippen LogP contribution is 2.47. The number of nitrogens with one attached hydrogen (secondary N) is 1. The topological polar surface area (TPSA) is 100 Å². The molecule has 3 aliphatic carbocycles. The maximum absolute atomic E-state index is 14.9. The number of hydrogen-bond acceptors (Lipinski definition) is 8. The number of anilines is 2. The summed E-state index contributed by atoms with van der Waals surface area (Å²) in [6, 6.07) is 2.83. The molecule has 4 fully saturated rings. The minimum absolute atomic E-state index is 0.0870. The molecule has 1 amide bonds. The summed E-state index contributed by atoms with van der Waals surface area (Å²) in [4.78, 5) is 21.6. The molecule has 37 heavy (non-hydrogen) atoms. The number of oxazole rings is 1. The highest BCUT2D eigenvalue weighted by atomic mass is 19.1. The summed E-state index contributed by atoms with van der Waals surface area (Å²) in [5.41, 5.74) is 0.00341. The van der Waals surface area contributed by atoms with Crippen LogP contribution in [-0.2, 0) is 11.3 Å². The Morgan fingerprint density at radius 2 is 1.97 bits per heavy atom. The number of benzene rings is 1. The Morgan fingerprint density at radius 3 is 2.57 bits per heavy atom. The lowest BCUT2D eigenvalue weighted by Crippen LogP contribution is -2.62. The third-order valence-electron chi connectivity index (χ3n) is 8.25. The molecule has 1 aromatic heterocycles. The van der Waals surface area contributed by atoms with Crippen LogP contribution in [0.25, 0.3) is 0 Å². The number of amides is 1. The average molecular weight is 517 g/mol. The third kappa shape index (κ3) is 5.13. The van der Waals surface area contributed by atoms with Gasteiger partial charge in [-0.15, -0.1) is 0 Å². The van der Waals surface area contributed by atoms with E-state index in [1.807, 2.05) is 23.8 Å². The minimum Gasteiger partial charge on any atom is -0.504 e. The smallest absolute Gasteiger partial charge is 0.298 e. The van der Waals surface area contributed by atoms with Gasteiger partial charge in [0.15, 0.2) is 28.8 Å². The SMILES string of the molecule is CCN(C)Cc1oc(N2CC(CC)(OC)C2)nc1C(=O)Nc1cc(O)c(OC2CC3CC(C3)C2)c(F)c1. The molecular weight excluding hydrogens is 479 g/mol. The van der Waals surface area contributed by atoms with Crippen molar-refractivity contribution in [2.24, 2.45) is 11.8 Å². The number of halogens is 1. The molecular formula is C27H37FN4O5. The number of carbonyl (C=O) groups excluding carboxylic acids is 1. The quantitative estimate of drug-likeness (QED) is 0.479. The molecule has 0 unspecified atom stereocenters. The van der Waals surface area contributed by atoms with E-state index in [-0.39, 0.29) is 34.6 Å². The van der Waals surface area contributed by atoms with E-state index >= 15 is 0 Å². The Bertz CT molecular complexity index is 1100. The van der Waals surface area contributed by atoms with Crippen molar-refractivity contribution in [1.82, 2.24) is 9.88 Å². The molecule has 4 aliphatic rings. The predicted molar refractivity (Wildman–Crippen MR) is 137 cm³/mol. The Balaban J connectivity index is 1.31. The van der Waals surface area contributed by atoms with Crippen molar-refractivity contribution < 1.29 is 28.2 Å². The van der Waals surface area contributed by atoms with Crippen molar-refractivity contribution >= 4 is 17.6 Å². The van der Waals surface area contributed by atoms with E-state index in [0.717, 1.165) is 25.8 Å². The summed E-state index contributed by atoms with van der Waals surface area (Å²) < 4.78 is 32.4. The van der Waals surface area contributed by atoms with E-state index in [0.29, 0.717) is 43.2 Å². The van der Waals surface area contributed by atoms with Crippen LogP contribution >= 0.6 is 0 Å². The van der Waals surface area contributed by atoms with Gasteiger partial charge in [0.25, 0.3) is 11.9 Å². The molecule has 10 heteroatoms. The first-order chi connectivity index (χ1) is 17.7. The van der Waals surface area contributed by atoms with Crippen molar-refractivity contribution in [3.8, 4) is 11.5 Å². The Kier molecular flexibility index (Phi) is 7.06. The van der Waals surface area contributed by atoms with Crippen LogP contribution in [-0.4, -0.2) is 66.4 Å². The van der Waals surface area contributed by atoms with Crippen molar-refractivity contribution in [2.45, 2.75) is 64.2 Å². The van der Waals surface area contributed by atoms with E-state index in [2.05, 4.69) is 17.2 Å². The normalized spacial score (nSPS) is 23.9. The molecule has 1 aliphatic heterocycles. The standard InChI is InChI=1S/C27H37FN4O5/c1-5-27(35-4)14-32(15-27)26-30-23(22(37-26)13-31(3)6-2)25(34)29-18-11-20(28)24(21(33)12-18)36-19-9-16-7-17(8-16)10-19/h11-12,16-17,19,33H,5-10,13-15H2,1-4H3,(H,29,34). The molecule has 0 atom stereocenters. The van der Waals surface area contributed by atoms with Crippen LogP contribution in [0.3, 0.4) is 0 Å². The molecule has 1 aromatic carbocycles. The van der Waals surface area contributed by atoms with Crippen molar-refractivity contribution in [3.63, 3.8) is 0 Å². The second-order valence-corrected chi connectivity index (χ2v) is 10.9. The van der Waals surface area contributed by atoms with Crippen molar-refractivity contribution in [3.05, 3.63) is 29.4 Å². The van der Waals surface area contributed by atoms with Crippen LogP contribution < -0.4 is 15.0 Å². The molecule has 3 saturated carbocycles. The first kappa shape index (κ1) is 25.8. The summed E-state index contributed by atoms with van der Waals surface area (Å²) in [7, 11) is 3.61. The van der Waals surface area contributed by atoms with Crippen molar-refractivity contribution in [2.75, 3.05) is 44.0 Å². The first-order valence-corrected chi connectivity index (χ1v) is 13.2. The van der Waals surface area contributed by atoms with Gasteiger partial charge in [-0.25, -0.2) is 4.39 Å². The predicted octanol–water partition coefficient (Wildman–Crippen LogP) is 4.41. The first-order valence-electron chi connectivity index (χ1n) is 13.2. The largest absolute Gasteiger partial charge is 0.504 e. The number of aromatic nitrogens is 1. The molecule has 0 spiro atoms. The van der Waals surface area contributed by atoms with Crippen LogP contribution in [0.1, 0.15) is 62.2 Å². The molecule has 2 aromatic rings. The molecule has 2 N–H and O–H groups in total. The molecule has 202 valence electrons. The summed E-state index contributed by atoms with van der Waals surface area (Å²) in [6.07, 6.45) is 4.99. The zero-order valence-electron chi connectivity index (χ0n) is 22.1. The minimum atomic E-state index is -0.711. The fourth-order valence-corrected chi connectivity index (χ4v) is 5.72. The van der Waals surface area contributed by atoms with Gasteiger partial charge < -0.3 is 29.2 Å². The van der Waals surface area contributed by atoms with Gasteiger partial charge in [0.05, 0.1) is 25.7 Å². The van der Waals surface area contributed by atoms with Gasteiger partial charge in [-0.3, -0.25) is 9.69 Å². The molecule has 0 radical (unpaired) electrons. The number of rotatable bonds is 10. The Morgan fingerprint density at radius 1 is 1.27 bits per heavy atom. The lowest BCUT2D eigenvalue weighted by molar-refractivity contribution is -0.0379. The maximum atomic E-state index is 14.9. The monoisotopic (exact) mass is 516 g/mol. The second kappa shape index (κ2) is 10.1. The molecule has 2 bridgehead atoms. The molecule has 9 nitrogen and oxygen atoms in total. The summed E-state index contributed by atoms with van der Waals surface area (Å²) >= 11 is 0. The van der Waals surface area contributed by atoms with E-state index in [9.17, 15) is 14.3 Å². The third-order valence-corrected chi connectivity index (χ3v) is 8.25. The maximum Gasteiger partial charge on any atom is 0.298 e. The van der Waals surface area contributed by atoms with Crippen molar-refractivity contribution in [1.29, 1.82) is 0 Å². The van der Waals surface area contributed by atoms with Gasteiger partial charge >= 0.3 is 0 Å². The lowest BCUT2D eigenvalue weighted by atomic mass is 9.64. The Hall–Kier alpha value is -2.85. The van der Waals surface area contributed by atoms with Crippen LogP contribution in [0.2, 0.25) is 0 Å². The molecule has 6 rings (SSSR count). The number of phenolic OH excluding ortho intramolecular Hbond substituents is 1. The summed E-state index contributed by atoms with van der Waals surface area (Å²) in [5.74, 6) is -0.0366. The van der Waals surface area contributed by atoms with Gasteiger partial charge in [-0.1, -0.05) is 13.8 Å². The van der Waals surface area contributed by atoms with Gasteiger partial charge in [-0.05, 0) is 57.5 Å². The van der Waals surface area contributed by atoms with E-state index in [1.54, 1.807) is 7.11 Å². The van der Waals surface area contributed by atoms with Gasteiger partial charge in [0.2, 0.25) is 0 Å². The number of carbonyl (C=O) groups is 1. The second-order valence-electron chi connectivity index (χ2n) is 10.9. The van der Waals surface area contributed by atoms with E-state index in [4.69, 9.17) is 13.9 Å². The summed E-state index contributed by atoms with van der Waals surface area (Å²) in [6.45, 7) is 6.46. The highest BCUT2D eigenvalue weighted by molar-refractivity contribution is 6.04. The number of aromatic hydroxyl groups is 1. The van der Waals surface area contributed by atoms with Gasteiger partial charge in [0, 0.05) is 24.9 Å². The van der Waals surface area contributed by atoms with E-state index < -0.39 is 11.7 Å². The Labute approximate surface area is 216 Å². The van der Waals surface area contributed by atoms with Crippen LogP contribution in [0.15, 0.2) is 16.5 Å². The number of phenols is 1. The number of methoxy groups -OCH3 is 1. The fraction of sp³-hybridized carbons (Fsp3) is 0.630. The summed E-state index contributed by atoms with van der Waals surface area (Å²) in [5, 5.41) is 13.2. The molecule has 1 saturated heterocycles. The number of hydrogen-bond donors (Lipinski definition) is 2. The zero-order valence-corrected chi connectivity index (χ0v) is 22.1. The number of nitrogens with zero attached hydrogens (tertiary/aromatic N) is 3. The fourth-order valence-electron chi connectivity index (χ4n) is 5.72. The van der Waals surface area contributed by atoms with Gasteiger partial charge in [0.1, 0.15) is 5.60 Å². The number of ether oxygens (including phenoxy) is 2. The average Bonchev–Trinajstić information content (AvgIpc) is 3.24. The lowest BCUT2D eigenvalue weighted by Gasteiger charge is -2.47. The molecule has 2 heterocycles. The van der Waals surface area contributed by atoms with Gasteiger partial charge in [-0.2, -0.15) is 4.98 Å². The zero-order chi connectivity index (χ0) is 26.3. The van der Waals surface area contributed by atoms with Crippen LogP contribution in [0.5, 0.6) is 11.5 Å².